The molecule has 0 aliphatic carbocycles. The number of carbonyl (C=O) groups is 1. The molecule has 0 bridgehead atoms. The van der Waals surface area contributed by atoms with Gasteiger partial charge < -0.3 is 15.4 Å². The molecule has 0 saturated carbocycles. The van der Waals surface area contributed by atoms with Gasteiger partial charge in [-0.3, -0.25) is 4.79 Å². The zero-order valence-corrected chi connectivity index (χ0v) is 14.7. The summed E-state index contributed by atoms with van der Waals surface area (Å²) >= 11 is 0. The van der Waals surface area contributed by atoms with E-state index in [9.17, 15) is 4.79 Å². The minimum atomic E-state index is -0.135. The molecule has 2 aromatic carbocycles. The standard InChI is InChI=1S/C21H23N3O2/c22-13-17-7-1-2-8-18(17)15-26-19-9-5-6-16(12-19)14-24-20-10-3-4-11-23-21(20)25/h1-2,5-9,12,20,24H,3-4,10-11,14-15H2,(H,23,25). The van der Waals surface area contributed by atoms with E-state index in [-0.39, 0.29) is 11.9 Å². The number of hydrogen-bond donors (Lipinski definition) is 2. The van der Waals surface area contributed by atoms with Gasteiger partial charge in [0, 0.05) is 18.7 Å². The van der Waals surface area contributed by atoms with Crippen LogP contribution < -0.4 is 15.4 Å². The molecule has 1 saturated heterocycles. The number of ether oxygens (including phenoxy) is 1. The summed E-state index contributed by atoms with van der Waals surface area (Å²) in [5, 5.41) is 15.4. The molecule has 0 aromatic heterocycles. The lowest BCUT2D eigenvalue weighted by atomic mass is 10.1. The molecular weight excluding hydrogens is 326 g/mol. The highest BCUT2D eigenvalue weighted by atomic mass is 16.5. The second-order valence-corrected chi connectivity index (χ2v) is 6.43. The Bertz CT molecular complexity index is 798. The van der Waals surface area contributed by atoms with Crippen LogP contribution in [0, 0.1) is 11.3 Å². The first kappa shape index (κ1) is 18.0. The van der Waals surface area contributed by atoms with E-state index in [1.165, 1.54) is 0 Å². The number of hydrogen-bond acceptors (Lipinski definition) is 4. The zero-order chi connectivity index (χ0) is 18.2. The van der Waals surface area contributed by atoms with E-state index in [0.717, 1.165) is 42.7 Å². The van der Waals surface area contributed by atoms with Crippen LogP contribution in [0.25, 0.3) is 0 Å². The van der Waals surface area contributed by atoms with E-state index in [0.29, 0.717) is 18.7 Å². The van der Waals surface area contributed by atoms with Gasteiger partial charge in [0.25, 0.3) is 0 Å². The Balaban J connectivity index is 1.58. The van der Waals surface area contributed by atoms with Gasteiger partial charge in [-0.1, -0.05) is 30.3 Å². The van der Waals surface area contributed by atoms with Crippen molar-refractivity contribution in [1.82, 2.24) is 10.6 Å². The average molecular weight is 349 g/mol. The van der Waals surface area contributed by atoms with Crippen LogP contribution in [0.4, 0.5) is 0 Å². The van der Waals surface area contributed by atoms with E-state index in [1.54, 1.807) is 6.07 Å². The van der Waals surface area contributed by atoms with Gasteiger partial charge in [0.2, 0.25) is 5.91 Å². The van der Waals surface area contributed by atoms with Crippen LogP contribution >= 0.6 is 0 Å². The molecule has 0 radical (unpaired) electrons. The molecule has 2 N–H and O–H groups in total. The van der Waals surface area contributed by atoms with Gasteiger partial charge in [0.1, 0.15) is 12.4 Å². The predicted molar refractivity (Wildman–Crippen MR) is 99.4 cm³/mol. The summed E-state index contributed by atoms with van der Waals surface area (Å²) in [6.07, 6.45) is 2.96. The van der Waals surface area contributed by atoms with Crippen molar-refractivity contribution < 1.29 is 9.53 Å². The number of amides is 1. The number of nitrogens with one attached hydrogen (secondary N) is 2. The highest BCUT2D eigenvalue weighted by Crippen LogP contribution is 2.17. The fourth-order valence-corrected chi connectivity index (χ4v) is 3.04. The number of benzene rings is 2. The van der Waals surface area contributed by atoms with Crippen molar-refractivity contribution in [3.05, 3.63) is 65.2 Å². The topological polar surface area (TPSA) is 74.2 Å². The summed E-state index contributed by atoms with van der Waals surface area (Å²) in [7, 11) is 0. The van der Waals surface area contributed by atoms with E-state index < -0.39 is 0 Å². The van der Waals surface area contributed by atoms with Crippen molar-refractivity contribution in [3.8, 4) is 11.8 Å². The lowest BCUT2D eigenvalue weighted by molar-refractivity contribution is -0.122. The van der Waals surface area contributed by atoms with Crippen molar-refractivity contribution in [3.63, 3.8) is 0 Å². The number of nitriles is 1. The van der Waals surface area contributed by atoms with Crippen LogP contribution in [0.3, 0.4) is 0 Å². The molecule has 3 rings (SSSR count). The zero-order valence-electron chi connectivity index (χ0n) is 14.7. The minimum absolute atomic E-state index is 0.0861. The van der Waals surface area contributed by atoms with Gasteiger partial charge >= 0.3 is 0 Å². The first-order valence-corrected chi connectivity index (χ1v) is 8.97. The van der Waals surface area contributed by atoms with Crippen molar-refractivity contribution in [1.29, 1.82) is 5.26 Å². The van der Waals surface area contributed by atoms with Gasteiger partial charge in [-0.25, -0.2) is 0 Å². The molecule has 2 aromatic rings. The molecule has 1 atom stereocenters. The molecule has 1 heterocycles. The molecule has 1 aliphatic heterocycles. The van der Waals surface area contributed by atoms with Crippen LogP contribution in [-0.2, 0) is 17.9 Å². The summed E-state index contributed by atoms with van der Waals surface area (Å²) in [5.41, 5.74) is 2.56. The number of nitrogens with zero attached hydrogens (tertiary/aromatic N) is 1. The lowest BCUT2D eigenvalue weighted by Gasteiger charge is -2.15. The first-order valence-electron chi connectivity index (χ1n) is 8.97. The third-order valence-electron chi connectivity index (χ3n) is 4.52. The molecule has 134 valence electrons. The van der Waals surface area contributed by atoms with Crippen molar-refractivity contribution in [2.45, 2.75) is 38.5 Å². The summed E-state index contributed by atoms with van der Waals surface area (Å²) in [6.45, 7) is 1.74. The molecule has 5 nitrogen and oxygen atoms in total. The van der Waals surface area contributed by atoms with E-state index in [2.05, 4.69) is 16.7 Å². The maximum Gasteiger partial charge on any atom is 0.237 e. The number of carbonyl (C=O) groups excluding carboxylic acids is 1. The van der Waals surface area contributed by atoms with E-state index in [4.69, 9.17) is 10.00 Å². The minimum Gasteiger partial charge on any atom is -0.489 e. The molecule has 1 unspecified atom stereocenters. The quantitative estimate of drug-likeness (QED) is 0.841. The molecule has 0 spiro atoms. The van der Waals surface area contributed by atoms with Crippen LogP contribution in [0.1, 0.15) is 36.0 Å². The van der Waals surface area contributed by atoms with Gasteiger partial charge in [-0.2, -0.15) is 5.26 Å². The Morgan fingerprint density at radius 3 is 2.96 bits per heavy atom. The van der Waals surface area contributed by atoms with Crippen LogP contribution in [0.15, 0.2) is 48.5 Å². The normalized spacial score (nSPS) is 17.0. The van der Waals surface area contributed by atoms with Crippen molar-refractivity contribution >= 4 is 5.91 Å². The fraction of sp³-hybridized carbons (Fsp3) is 0.333. The van der Waals surface area contributed by atoms with Gasteiger partial charge in [-0.05, 0) is 43.0 Å². The highest BCUT2D eigenvalue weighted by Gasteiger charge is 2.19. The van der Waals surface area contributed by atoms with Gasteiger partial charge in [-0.15, -0.1) is 0 Å². The fourth-order valence-electron chi connectivity index (χ4n) is 3.04. The Morgan fingerprint density at radius 2 is 2.08 bits per heavy atom. The Hall–Kier alpha value is -2.84. The summed E-state index contributed by atoms with van der Waals surface area (Å²) in [4.78, 5) is 12.0. The summed E-state index contributed by atoms with van der Waals surface area (Å²) in [5.74, 6) is 0.838. The maximum atomic E-state index is 12.0. The second-order valence-electron chi connectivity index (χ2n) is 6.43. The molecule has 1 fully saturated rings. The summed E-state index contributed by atoms with van der Waals surface area (Å²) < 4.78 is 5.85. The third-order valence-corrected chi connectivity index (χ3v) is 4.52. The Labute approximate surface area is 154 Å². The van der Waals surface area contributed by atoms with Crippen LogP contribution in [-0.4, -0.2) is 18.5 Å². The van der Waals surface area contributed by atoms with Crippen molar-refractivity contribution in [2.24, 2.45) is 0 Å². The highest BCUT2D eigenvalue weighted by molar-refractivity contribution is 5.81. The molecule has 26 heavy (non-hydrogen) atoms. The smallest absolute Gasteiger partial charge is 0.237 e. The predicted octanol–water partition coefficient (Wildman–Crippen LogP) is 2.90. The van der Waals surface area contributed by atoms with Gasteiger partial charge in [0.15, 0.2) is 0 Å². The SMILES string of the molecule is N#Cc1ccccc1COc1cccc(CNC2CCCCNC2=O)c1. The van der Waals surface area contributed by atoms with Crippen LogP contribution in [0.2, 0.25) is 0 Å². The maximum absolute atomic E-state index is 12.0. The lowest BCUT2D eigenvalue weighted by Crippen LogP contribution is -2.42. The van der Waals surface area contributed by atoms with Gasteiger partial charge in [0.05, 0.1) is 17.7 Å². The molecule has 1 aliphatic rings. The second kappa shape index (κ2) is 9.02. The third kappa shape index (κ3) is 4.84. The monoisotopic (exact) mass is 349 g/mol. The average Bonchev–Trinajstić information content (AvgIpc) is 2.89. The van der Waals surface area contributed by atoms with Crippen LogP contribution in [0.5, 0.6) is 5.75 Å². The van der Waals surface area contributed by atoms with E-state index in [1.807, 2.05) is 42.5 Å². The molecular formula is C21H23N3O2. The first-order chi connectivity index (χ1) is 12.8. The summed E-state index contributed by atoms with van der Waals surface area (Å²) in [6, 6.07) is 17.3. The van der Waals surface area contributed by atoms with E-state index >= 15 is 0 Å². The molecule has 1 amide bonds. The Morgan fingerprint density at radius 1 is 1.19 bits per heavy atom. The van der Waals surface area contributed by atoms with Crippen molar-refractivity contribution in [2.75, 3.05) is 6.54 Å². The number of rotatable bonds is 6. The molecule has 5 heteroatoms. The largest absolute Gasteiger partial charge is 0.489 e. The Kier molecular flexibility index (Phi) is 6.24.